The van der Waals surface area contributed by atoms with Gasteiger partial charge in [-0.05, 0) is 37.8 Å². The van der Waals surface area contributed by atoms with Crippen molar-refractivity contribution in [2.45, 2.75) is 49.3 Å². The van der Waals surface area contributed by atoms with Gasteiger partial charge in [0.1, 0.15) is 0 Å². The zero-order chi connectivity index (χ0) is 13.5. The molecule has 0 radical (unpaired) electrons. The van der Waals surface area contributed by atoms with E-state index < -0.39 is 0 Å². The highest BCUT2D eigenvalue weighted by molar-refractivity contribution is 7.99. The summed E-state index contributed by atoms with van der Waals surface area (Å²) in [5.74, 6) is 0.850. The highest BCUT2D eigenvalue weighted by atomic mass is 32.2. The normalized spacial score (nSPS) is 23.0. The van der Waals surface area contributed by atoms with Gasteiger partial charge in [-0.3, -0.25) is 4.79 Å². The van der Waals surface area contributed by atoms with Crippen molar-refractivity contribution < 1.29 is 9.90 Å². The third kappa shape index (κ3) is 5.20. The van der Waals surface area contributed by atoms with E-state index in [1.807, 2.05) is 18.2 Å². The number of rotatable bonds is 5. The minimum atomic E-state index is -0.173. The fourth-order valence-electron chi connectivity index (χ4n) is 2.20. The lowest BCUT2D eigenvalue weighted by Gasteiger charge is -2.26. The molecule has 1 fully saturated rings. The highest BCUT2D eigenvalue weighted by Gasteiger charge is 2.20. The Hall–Kier alpha value is -1.07. The Labute approximate surface area is 118 Å². The Bertz CT molecular complexity index is 392. The molecule has 104 valence electrons. The number of pyridine rings is 1. The molecule has 1 aliphatic rings. The summed E-state index contributed by atoms with van der Waals surface area (Å²) < 4.78 is 0. The molecule has 0 bridgehead atoms. The van der Waals surface area contributed by atoms with Crippen LogP contribution in [0.5, 0.6) is 0 Å². The topological polar surface area (TPSA) is 62.2 Å². The van der Waals surface area contributed by atoms with Gasteiger partial charge < -0.3 is 10.4 Å². The number of carbonyl (C=O) groups is 1. The van der Waals surface area contributed by atoms with Gasteiger partial charge in [-0.25, -0.2) is 4.98 Å². The molecule has 0 aliphatic heterocycles. The van der Waals surface area contributed by atoms with Crippen LogP contribution < -0.4 is 5.32 Å². The number of amides is 1. The fourth-order valence-corrected chi connectivity index (χ4v) is 3.01. The summed E-state index contributed by atoms with van der Waals surface area (Å²) in [6.45, 7) is 0. The lowest BCUT2D eigenvalue weighted by atomic mass is 9.93. The average molecular weight is 280 g/mol. The molecule has 1 aromatic heterocycles. The molecule has 0 atom stereocenters. The first-order valence-corrected chi connectivity index (χ1v) is 7.74. The highest BCUT2D eigenvalue weighted by Crippen LogP contribution is 2.19. The van der Waals surface area contributed by atoms with Crippen LogP contribution in [0.25, 0.3) is 0 Å². The molecule has 1 aliphatic carbocycles. The predicted molar refractivity (Wildman–Crippen MR) is 76.0 cm³/mol. The third-order valence-electron chi connectivity index (χ3n) is 3.28. The van der Waals surface area contributed by atoms with Crippen molar-refractivity contribution in [3.05, 3.63) is 24.4 Å². The van der Waals surface area contributed by atoms with Gasteiger partial charge in [0.05, 0.1) is 11.1 Å². The Morgan fingerprint density at radius 1 is 1.37 bits per heavy atom. The molecular formula is C14H20N2O2S. The first kappa shape index (κ1) is 14.3. The molecule has 0 spiro atoms. The number of thioether (sulfide) groups is 1. The van der Waals surface area contributed by atoms with Crippen molar-refractivity contribution in [1.82, 2.24) is 10.3 Å². The van der Waals surface area contributed by atoms with Gasteiger partial charge in [0, 0.05) is 24.4 Å². The van der Waals surface area contributed by atoms with Crippen LogP contribution in [0.2, 0.25) is 0 Å². The summed E-state index contributed by atoms with van der Waals surface area (Å²) >= 11 is 1.60. The number of nitrogens with zero attached hydrogens (tertiary/aromatic N) is 1. The molecule has 1 amide bonds. The number of aliphatic hydroxyl groups excluding tert-OH is 1. The van der Waals surface area contributed by atoms with Crippen LogP contribution >= 0.6 is 11.8 Å². The van der Waals surface area contributed by atoms with E-state index in [1.165, 1.54) is 0 Å². The number of hydrogen-bond acceptors (Lipinski definition) is 4. The van der Waals surface area contributed by atoms with E-state index in [2.05, 4.69) is 10.3 Å². The number of aliphatic hydroxyl groups is 1. The smallest absolute Gasteiger partial charge is 0.221 e. The molecule has 4 nitrogen and oxygen atoms in total. The molecule has 5 heteroatoms. The maximum absolute atomic E-state index is 11.8. The fraction of sp³-hybridized carbons (Fsp3) is 0.571. The maximum atomic E-state index is 11.8. The molecule has 2 rings (SSSR count). The summed E-state index contributed by atoms with van der Waals surface area (Å²) in [7, 11) is 0. The zero-order valence-corrected chi connectivity index (χ0v) is 11.7. The molecule has 1 heterocycles. The van der Waals surface area contributed by atoms with Crippen LogP contribution in [0, 0.1) is 0 Å². The Balaban J connectivity index is 1.62. The van der Waals surface area contributed by atoms with Gasteiger partial charge >= 0.3 is 0 Å². The van der Waals surface area contributed by atoms with Gasteiger partial charge in [0.25, 0.3) is 0 Å². The summed E-state index contributed by atoms with van der Waals surface area (Å²) in [6.07, 6.45) is 5.48. The van der Waals surface area contributed by atoms with Crippen molar-refractivity contribution in [1.29, 1.82) is 0 Å². The minimum Gasteiger partial charge on any atom is -0.393 e. The van der Waals surface area contributed by atoms with E-state index in [-0.39, 0.29) is 18.1 Å². The van der Waals surface area contributed by atoms with Crippen molar-refractivity contribution in [2.75, 3.05) is 5.75 Å². The van der Waals surface area contributed by atoms with E-state index in [4.69, 9.17) is 0 Å². The summed E-state index contributed by atoms with van der Waals surface area (Å²) in [5.41, 5.74) is 0. The van der Waals surface area contributed by atoms with Crippen LogP contribution in [-0.2, 0) is 4.79 Å². The van der Waals surface area contributed by atoms with Gasteiger partial charge in [-0.2, -0.15) is 0 Å². The second-order valence-corrected chi connectivity index (χ2v) is 5.95. The van der Waals surface area contributed by atoms with Crippen molar-refractivity contribution in [3.8, 4) is 0 Å². The molecule has 1 saturated carbocycles. The lowest BCUT2D eigenvalue weighted by Crippen LogP contribution is -2.38. The number of nitrogens with one attached hydrogen (secondary N) is 1. The van der Waals surface area contributed by atoms with Gasteiger partial charge in [-0.1, -0.05) is 6.07 Å². The van der Waals surface area contributed by atoms with Crippen LogP contribution in [0.3, 0.4) is 0 Å². The van der Waals surface area contributed by atoms with Crippen LogP contribution in [-0.4, -0.2) is 33.9 Å². The number of aromatic nitrogens is 1. The molecular weight excluding hydrogens is 260 g/mol. The van der Waals surface area contributed by atoms with Gasteiger partial charge in [-0.15, -0.1) is 11.8 Å². The Morgan fingerprint density at radius 2 is 2.16 bits per heavy atom. The van der Waals surface area contributed by atoms with E-state index in [0.29, 0.717) is 6.42 Å². The van der Waals surface area contributed by atoms with Crippen LogP contribution in [0.15, 0.2) is 29.4 Å². The van der Waals surface area contributed by atoms with E-state index in [0.717, 1.165) is 36.5 Å². The van der Waals surface area contributed by atoms with Crippen molar-refractivity contribution >= 4 is 17.7 Å². The average Bonchev–Trinajstić information content (AvgIpc) is 2.43. The molecule has 1 aromatic rings. The van der Waals surface area contributed by atoms with Crippen molar-refractivity contribution in [2.24, 2.45) is 0 Å². The van der Waals surface area contributed by atoms with Gasteiger partial charge in [0.2, 0.25) is 5.91 Å². The SMILES string of the molecule is O=C(CCSc1ccccn1)NC1CCC(O)CC1. The third-order valence-corrected chi connectivity index (χ3v) is 4.22. The summed E-state index contributed by atoms with van der Waals surface area (Å²) in [4.78, 5) is 16.0. The largest absolute Gasteiger partial charge is 0.393 e. The van der Waals surface area contributed by atoms with Crippen LogP contribution in [0.4, 0.5) is 0 Å². The maximum Gasteiger partial charge on any atom is 0.221 e. The summed E-state index contributed by atoms with van der Waals surface area (Å²) in [5, 5.41) is 13.4. The number of hydrogen-bond donors (Lipinski definition) is 2. The zero-order valence-electron chi connectivity index (χ0n) is 10.9. The van der Waals surface area contributed by atoms with Crippen LogP contribution in [0.1, 0.15) is 32.1 Å². The second kappa shape index (κ2) is 7.50. The Kier molecular flexibility index (Phi) is 5.66. The van der Waals surface area contributed by atoms with E-state index in [9.17, 15) is 9.90 Å². The minimum absolute atomic E-state index is 0.102. The van der Waals surface area contributed by atoms with E-state index in [1.54, 1.807) is 18.0 Å². The molecule has 0 unspecified atom stereocenters. The summed E-state index contributed by atoms with van der Waals surface area (Å²) in [6, 6.07) is 6.03. The molecule has 0 saturated heterocycles. The predicted octanol–water partition coefficient (Wildman–Crippen LogP) is 1.98. The van der Waals surface area contributed by atoms with Gasteiger partial charge in [0.15, 0.2) is 0 Å². The standard InChI is InChI=1S/C14H20N2O2S/c17-12-6-4-11(5-7-12)16-13(18)8-10-19-14-3-1-2-9-15-14/h1-3,9,11-12,17H,4-8,10H2,(H,16,18). The number of carbonyl (C=O) groups excluding carboxylic acids is 1. The monoisotopic (exact) mass is 280 g/mol. The van der Waals surface area contributed by atoms with Crippen molar-refractivity contribution in [3.63, 3.8) is 0 Å². The Morgan fingerprint density at radius 3 is 2.84 bits per heavy atom. The quantitative estimate of drug-likeness (QED) is 0.810. The van der Waals surface area contributed by atoms with E-state index >= 15 is 0 Å². The lowest BCUT2D eigenvalue weighted by molar-refractivity contribution is -0.121. The molecule has 2 N–H and O–H groups in total. The molecule has 0 aromatic carbocycles. The molecule has 19 heavy (non-hydrogen) atoms. The first-order chi connectivity index (χ1) is 9.24. The second-order valence-electron chi connectivity index (χ2n) is 4.84. The first-order valence-electron chi connectivity index (χ1n) is 6.75.